The summed E-state index contributed by atoms with van der Waals surface area (Å²) in [5.41, 5.74) is 3.20. The van der Waals surface area contributed by atoms with Crippen LogP contribution >= 0.6 is 22.9 Å². The number of rotatable bonds is 3. The van der Waals surface area contributed by atoms with Crippen LogP contribution < -0.4 is 15.4 Å². The molecule has 6 rings (SSSR count). The molecule has 0 spiro atoms. The van der Waals surface area contributed by atoms with Gasteiger partial charge in [-0.3, -0.25) is 10.3 Å². The van der Waals surface area contributed by atoms with E-state index in [0.717, 1.165) is 37.1 Å². The second kappa shape index (κ2) is 8.44. The van der Waals surface area contributed by atoms with Crippen LogP contribution in [0, 0.1) is 0 Å². The van der Waals surface area contributed by atoms with Gasteiger partial charge in [0.2, 0.25) is 17.0 Å². The van der Waals surface area contributed by atoms with Crippen molar-refractivity contribution < 1.29 is 9.84 Å². The Morgan fingerprint density at radius 1 is 1.15 bits per heavy atom. The van der Waals surface area contributed by atoms with Gasteiger partial charge >= 0.3 is 0 Å². The summed E-state index contributed by atoms with van der Waals surface area (Å²) in [7, 11) is 0. The first-order valence-corrected chi connectivity index (χ1v) is 11.9. The van der Waals surface area contributed by atoms with E-state index in [1.807, 2.05) is 43.3 Å². The van der Waals surface area contributed by atoms with E-state index < -0.39 is 6.23 Å². The predicted molar refractivity (Wildman–Crippen MR) is 134 cm³/mol. The van der Waals surface area contributed by atoms with E-state index in [4.69, 9.17) is 21.3 Å². The minimum atomic E-state index is -0.712. The van der Waals surface area contributed by atoms with E-state index in [0.29, 0.717) is 23.9 Å². The van der Waals surface area contributed by atoms with Gasteiger partial charge in [-0.15, -0.1) is 11.3 Å². The van der Waals surface area contributed by atoms with Crippen LogP contribution in [0.5, 0.6) is 11.8 Å². The average Bonchev–Trinajstić information content (AvgIpc) is 3.16. The second-order valence-electron chi connectivity index (χ2n) is 8.05. The van der Waals surface area contributed by atoms with Crippen molar-refractivity contribution in [3.05, 3.63) is 65.1 Å². The summed E-state index contributed by atoms with van der Waals surface area (Å²) in [4.78, 5) is 18.1. The van der Waals surface area contributed by atoms with Gasteiger partial charge in [0.25, 0.3) is 0 Å². The summed E-state index contributed by atoms with van der Waals surface area (Å²) < 4.78 is 7.15. The molecule has 0 saturated heterocycles. The number of aromatic nitrogens is 4. The summed E-state index contributed by atoms with van der Waals surface area (Å²) in [6, 6.07) is 11.6. The predicted octanol–water partition coefficient (Wildman–Crippen LogP) is 5.14. The number of hydrogen-bond acceptors (Lipinski definition) is 9. The highest BCUT2D eigenvalue weighted by Crippen LogP contribution is 2.43. The zero-order valence-corrected chi connectivity index (χ0v) is 19.6. The van der Waals surface area contributed by atoms with Crippen LogP contribution in [0.3, 0.4) is 0 Å². The summed E-state index contributed by atoms with van der Waals surface area (Å²) >= 11 is 7.63. The molecule has 0 aliphatic carbocycles. The third-order valence-corrected chi connectivity index (χ3v) is 7.09. The highest BCUT2D eigenvalue weighted by atomic mass is 35.5. The first-order valence-electron chi connectivity index (χ1n) is 10.7. The third-order valence-electron chi connectivity index (χ3n) is 5.70. The Balaban J connectivity index is 1.43. The first-order chi connectivity index (χ1) is 16.6. The van der Waals surface area contributed by atoms with Crippen LogP contribution in [0.25, 0.3) is 32.1 Å². The van der Waals surface area contributed by atoms with E-state index in [9.17, 15) is 5.11 Å². The maximum Gasteiger partial charge on any atom is 0.233 e. The fourth-order valence-corrected chi connectivity index (χ4v) is 5.40. The van der Waals surface area contributed by atoms with Crippen molar-refractivity contribution in [2.45, 2.75) is 19.2 Å². The molecule has 0 fully saturated rings. The Kier molecular flexibility index (Phi) is 5.26. The van der Waals surface area contributed by atoms with Gasteiger partial charge in [-0.2, -0.15) is 4.98 Å². The molecule has 1 unspecified atom stereocenters. The van der Waals surface area contributed by atoms with Crippen molar-refractivity contribution in [3.8, 4) is 22.9 Å². The molecule has 0 saturated carbocycles. The maximum atomic E-state index is 10.6. The van der Waals surface area contributed by atoms with E-state index >= 15 is 0 Å². The van der Waals surface area contributed by atoms with E-state index in [1.54, 1.807) is 29.9 Å². The Labute approximate surface area is 203 Å². The number of ether oxygens (including phenoxy) is 1. The molecule has 0 bridgehead atoms. The molecule has 170 valence electrons. The van der Waals surface area contributed by atoms with Crippen LogP contribution in [0.2, 0.25) is 5.28 Å². The summed E-state index contributed by atoms with van der Waals surface area (Å²) in [5, 5.41) is 19.4. The number of hydrogen-bond donors (Lipinski definition) is 3. The van der Waals surface area contributed by atoms with Gasteiger partial charge in [-0.05, 0) is 42.8 Å². The normalized spacial score (nSPS) is 17.9. The quantitative estimate of drug-likeness (QED) is 0.298. The molecule has 5 aromatic rings. The molecule has 1 aromatic carbocycles. The Morgan fingerprint density at radius 3 is 2.91 bits per heavy atom. The lowest BCUT2D eigenvalue weighted by molar-refractivity contribution is 0.134. The molecular formula is C24H19ClN6O2S. The number of aliphatic hydroxyl groups is 1. The molecular weight excluding hydrogens is 472 g/mol. The lowest BCUT2D eigenvalue weighted by Crippen LogP contribution is -2.32. The zero-order valence-electron chi connectivity index (χ0n) is 18.0. The van der Waals surface area contributed by atoms with Gasteiger partial charge in [0.15, 0.2) is 0 Å². The molecule has 8 nitrogen and oxygen atoms in total. The number of thiophene rings is 1. The Hall–Kier alpha value is -3.37. The molecule has 1 aliphatic heterocycles. The van der Waals surface area contributed by atoms with Crippen molar-refractivity contribution in [2.75, 3.05) is 11.9 Å². The average molecular weight is 491 g/mol. The molecule has 3 N–H and O–H groups in total. The van der Waals surface area contributed by atoms with E-state index in [2.05, 4.69) is 25.6 Å². The lowest BCUT2D eigenvalue weighted by atomic mass is 10.1. The fourth-order valence-electron chi connectivity index (χ4n) is 4.13. The number of halogens is 1. The number of benzene rings is 1. The summed E-state index contributed by atoms with van der Waals surface area (Å²) in [6.45, 7) is 2.75. The molecule has 10 heteroatoms. The number of aliphatic hydroxyl groups excluding tert-OH is 1. The van der Waals surface area contributed by atoms with Crippen LogP contribution in [0.4, 0.5) is 5.69 Å². The number of anilines is 1. The van der Waals surface area contributed by atoms with Gasteiger partial charge < -0.3 is 15.2 Å². The van der Waals surface area contributed by atoms with Gasteiger partial charge in [0, 0.05) is 58.3 Å². The van der Waals surface area contributed by atoms with E-state index in [1.165, 1.54) is 0 Å². The number of fused-ring (bicyclic) bond motifs is 5. The lowest BCUT2D eigenvalue weighted by Gasteiger charge is -2.13. The van der Waals surface area contributed by atoms with Crippen molar-refractivity contribution in [2.24, 2.45) is 0 Å². The van der Waals surface area contributed by atoms with Gasteiger partial charge in [0.05, 0.1) is 21.6 Å². The number of pyridine rings is 2. The maximum absolute atomic E-state index is 10.6. The standard InChI is InChI=1S/C24H19ClN6O2S/c1-12-9-27-20-19-14-4-7-18(30-16(14)5-6-17(19)34-21(20)22(32)29-12)33-23-15(11-28-24(25)31-23)13-3-2-8-26-10-13/h2-8,10-12,22,27,29,32H,9H2,1H3/t12-,22?/m1/s1. The number of nitrogens with one attached hydrogen (secondary N) is 2. The van der Waals surface area contributed by atoms with Gasteiger partial charge in [0.1, 0.15) is 6.23 Å². The third kappa shape index (κ3) is 3.72. The monoisotopic (exact) mass is 490 g/mol. The van der Waals surface area contributed by atoms with Crippen LogP contribution in [-0.2, 0) is 0 Å². The molecule has 5 heterocycles. The SMILES string of the molecule is C[C@@H]1CNc2c(sc3ccc4nc(Oc5nc(Cl)ncc5-c5cccnc5)ccc4c23)C(O)N1. The molecule has 34 heavy (non-hydrogen) atoms. The molecule has 0 radical (unpaired) electrons. The van der Waals surface area contributed by atoms with Crippen molar-refractivity contribution in [1.29, 1.82) is 0 Å². The summed E-state index contributed by atoms with van der Waals surface area (Å²) in [5.74, 6) is 0.687. The van der Waals surface area contributed by atoms with Crippen molar-refractivity contribution in [1.82, 2.24) is 25.3 Å². The van der Waals surface area contributed by atoms with Crippen LogP contribution in [-0.4, -0.2) is 37.6 Å². The fraction of sp³-hybridized carbons (Fsp3) is 0.167. The second-order valence-corrected chi connectivity index (χ2v) is 9.47. The van der Waals surface area contributed by atoms with E-state index in [-0.39, 0.29) is 11.3 Å². The Morgan fingerprint density at radius 2 is 2.06 bits per heavy atom. The van der Waals surface area contributed by atoms with Crippen molar-refractivity contribution in [3.63, 3.8) is 0 Å². The van der Waals surface area contributed by atoms with Gasteiger partial charge in [-0.25, -0.2) is 9.97 Å². The molecule has 1 aliphatic rings. The number of nitrogens with zero attached hydrogens (tertiary/aromatic N) is 4. The highest BCUT2D eigenvalue weighted by molar-refractivity contribution is 7.20. The molecule has 0 amide bonds. The van der Waals surface area contributed by atoms with Crippen LogP contribution in [0.15, 0.2) is 55.0 Å². The Bertz CT molecular complexity index is 1530. The zero-order chi connectivity index (χ0) is 23.2. The van der Waals surface area contributed by atoms with Gasteiger partial charge in [-0.1, -0.05) is 6.07 Å². The molecule has 2 atom stereocenters. The first kappa shape index (κ1) is 21.2. The largest absolute Gasteiger partial charge is 0.420 e. The topological polar surface area (TPSA) is 105 Å². The highest BCUT2D eigenvalue weighted by Gasteiger charge is 2.25. The van der Waals surface area contributed by atoms with Crippen molar-refractivity contribution >= 4 is 49.6 Å². The minimum Gasteiger partial charge on any atom is -0.420 e. The molecule has 4 aromatic heterocycles. The van der Waals surface area contributed by atoms with Crippen LogP contribution in [0.1, 0.15) is 18.0 Å². The smallest absolute Gasteiger partial charge is 0.233 e. The summed E-state index contributed by atoms with van der Waals surface area (Å²) in [6.07, 6.45) is 4.31. The minimum absolute atomic E-state index is 0.0820.